The van der Waals surface area contributed by atoms with Gasteiger partial charge < -0.3 is 9.47 Å². The van der Waals surface area contributed by atoms with Crippen molar-refractivity contribution in [3.63, 3.8) is 0 Å². The highest BCUT2D eigenvalue weighted by Crippen LogP contribution is 2.29. The van der Waals surface area contributed by atoms with Crippen LogP contribution in [0.3, 0.4) is 0 Å². The molecule has 0 saturated heterocycles. The molecule has 24 heavy (non-hydrogen) atoms. The summed E-state index contributed by atoms with van der Waals surface area (Å²) >= 11 is 0. The zero-order valence-corrected chi connectivity index (χ0v) is 13.1. The zero-order valence-electron chi connectivity index (χ0n) is 13.1. The van der Waals surface area contributed by atoms with E-state index in [4.69, 9.17) is 9.47 Å². The summed E-state index contributed by atoms with van der Waals surface area (Å²) in [6, 6.07) is 9.29. The summed E-state index contributed by atoms with van der Waals surface area (Å²) in [6.07, 6.45) is -1.62. The fourth-order valence-electron chi connectivity index (χ4n) is 2.04. The fraction of sp³-hybridized carbons (Fsp3) is 0.167. The fourth-order valence-corrected chi connectivity index (χ4v) is 2.04. The molecule has 0 fully saturated rings. The van der Waals surface area contributed by atoms with Crippen LogP contribution in [0.1, 0.15) is 21.5 Å². The molecule has 3 nitrogen and oxygen atoms in total. The molecule has 0 unspecified atom stereocenters. The van der Waals surface area contributed by atoms with Gasteiger partial charge in [-0.15, -0.1) is 0 Å². The summed E-state index contributed by atoms with van der Waals surface area (Å²) in [7, 11) is 2.95. The van der Waals surface area contributed by atoms with Crippen molar-refractivity contribution in [3.05, 3.63) is 65.2 Å². The Labute approximate surface area is 137 Å². The van der Waals surface area contributed by atoms with E-state index in [0.29, 0.717) is 22.6 Å². The van der Waals surface area contributed by atoms with Crippen molar-refractivity contribution < 1.29 is 27.4 Å². The predicted octanol–water partition coefficient (Wildman–Crippen LogP) is 4.62. The Morgan fingerprint density at radius 3 is 2.12 bits per heavy atom. The van der Waals surface area contributed by atoms with E-state index < -0.39 is 11.7 Å². The standard InChI is InChI=1S/C18H15F3O3/c1-23-16-10-6-13(11-17(16)24-2)15(22)9-5-12-3-7-14(8-4-12)18(19,20)21/h3-11H,1-2H3/b9-5+. The molecular formula is C18H15F3O3. The molecule has 0 aromatic heterocycles. The van der Waals surface area contributed by atoms with E-state index in [1.807, 2.05) is 0 Å². The monoisotopic (exact) mass is 336 g/mol. The minimum Gasteiger partial charge on any atom is -0.493 e. The van der Waals surface area contributed by atoms with E-state index in [0.717, 1.165) is 12.1 Å². The molecule has 0 spiro atoms. The van der Waals surface area contributed by atoms with E-state index in [2.05, 4.69) is 0 Å². The van der Waals surface area contributed by atoms with Gasteiger partial charge in [0, 0.05) is 5.56 Å². The third-order valence-electron chi connectivity index (χ3n) is 3.33. The molecule has 0 aliphatic carbocycles. The lowest BCUT2D eigenvalue weighted by molar-refractivity contribution is -0.137. The molecule has 0 amide bonds. The lowest BCUT2D eigenvalue weighted by atomic mass is 10.1. The molecule has 0 bridgehead atoms. The second-order valence-electron chi connectivity index (χ2n) is 4.89. The van der Waals surface area contributed by atoms with Crippen LogP contribution < -0.4 is 9.47 Å². The van der Waals surface area contributed by atoms with Crippen molar-refractivity contribution in [3.8, 4) is 11.5 Å². The van der Waals surface area contributed by atoms with Crippen molar-refractivity contribution in [2.75, 3.05) is 14.2 Å². The highest BCUT2D eigenvalue weighted by molar-refractivity contribution is 6.07. The summed E-state index contributed by atoms with van der Waals surface area (Å²) in [5.74, 6) is 0.628. The van der Waals surface area contributed by atoms with E-state index in [1.165, 1.54) is 44.6 Å². The van der Waals surface area contributed by atoms with Crippen LogP contribution in [0, 0.1) is 0 Å². The molecule has 0 aliphatic rings. The van der Waals surface area contributed by atoms with Gasteiger partial charge in [-0.2, -0.15) is 13.2 Å². The second-order valence-corrected chi connectivity index (χ2v) is 4.89. The molecule has 2 aromatic carbocycles. The largest absolute Gasteiger partial charge is 0.493 e. The van der Waals surface area contributed by atoms with Gasteiger partial charge >= 0.3 is 6.18 Å². The predicted molar refractivity (Wildman–Crippen MR) is 84.4 cm³/mol. The second kappa shape index (κ2) is 7.21. The summed E-state index contributed by atoms with van der Waals surface area (Å²) in [6.45, 7) is 0. The average Bonchev–Trinajstić information content (AvgIpc) is 2.58. The molecule has 126 valence electrons. The van der Waals surface area contributed by atoms with Crippen LogP contribution in [0.5, 0.6) is 11.5 Å². The van der Waals surface area contributed by atoms with Crippen LogP contribution in [-0.4, -0.2) is 20.0 Å². The highest BCUT2D eigenvalue weighted by Gasteiger charge is 2.29. The maximum absolute atomic E-state index is 12.5. The Morgan fingerprint density at radius 1 is 0.958 bits per heavy atom. The number of carbonyl (C=O) groups excluding carboxylic acids is 1. The van der Waals surface area contributed by atoms with Gasteiger partial charge in [0.15, 0.2) is 17.3 Å². The first-order valence-corrected chi connectivity index (χ1v) is 6.97. The maximum atomic E-state index is 12.5. The topological polar surface area (TPSA) is 35.5 Å². The van der Waals surface area contributed by atoms with Gasteiger partial charge in [0.1, 0.15) is 0 Å². The number of carbonyl (C=O) groups is 1. The number of allylic oxidation sites excluding steroid dienone is 1. The normalized spacial score (nSPS) is 11.5. The number of hydrogen-bond donors (Lipinski definition) is 0. The number of ether oxygens (including phenoxy) is 2. The summed E-state index contributed by atoms with van der Waals surface area (Å²) in [4.78, 5) is 12.1. The smallest absolute Gasteiger partial charge is 0.416 e. The molecule has 2 aromatic rings. The van der Waals surface area contributed by atoms with Crippen molar-refractivity contribution in [2.45, 2.75) is 6.18 Å². The Hall–Kier alpha value is -2.76. The van der Waals surface area contributed by atoms with Gasteiger partial charge in [-0.25, -0.2) is 0 Å². The number of benzene rings is 2. The van der Waals surface area contributed by atoms with Gasteiger partial charge in [-0.3, -0.25) is 4.79 Å². The summed E-state index contributed by atoms with van der Waals surface area (Å²) in [5.41, 5.74) is 0.151. The first-order valence-electron chi connectivity index (χ1n) is 6.97. The minimum atomic E-state index is -4.38. The molecule has 0 N–H and O–H groups in total. The number of rotatable bonds is 5. The van der Waals surface area contributed by atoms with Crippen molar-refractivity contribution in [1.29, 1.82) is 0 Å². The van der Waals surface area contributed by atoms with Gasteiger partial charge in [-0.1, -0.05) is 18.2 Å². The van der Waals surface area contributed by atoms with Crippen molar-refractivity contribution >= 4 is 11.9 Å². The van der Waals surface area contributed by atoms with Gasteiger partial charge in [-0.05, 0) is 42.0 Å². The number of ketones is 1. The lowest BCUT2D eigenvalue weighted by Crippen LogP contribution is -2.04. The lowest BCUT2D eigenvalue weighted by Gasteiger charge is -2.08. The van der Waals surface area contributed by atoms with Crippen LogP contribution in [0.25, 0.3) is 6.08 Å². The highest BCUT2D eigenvalue weighted by atomic mass is 19.4. The van der Waals surface area contributed by atoms with Gasteiger partial charge in [0.05, 0.1) is 19.8 Å². The maximum Gasteiger partial charge on any atom is 0.416 e. The van der Waals surface area contributed by atoms with Crippen LogP contribution in [0.2, 0.25) is 0 Å². The number of alkyl halides is 3. The average molecular weight is 336 g/mol. The first-order chi connectivity index (χ1) is 11.3. The van der Waals surface area contributed by atoms with E-state index in [-0.39, 0.29) is 5.78 Å². The van der Waals surface area contributed by atoms with Crippen LogP contribution >= 0.6 is 0 Å². The first kappa shape index (κ1) is 17.6. The number of halogens is 3. The molecule has 0 saturated carbocycles. The molecule has 0 aliphatic heterocycles. The van der Waals surface area contributed by atoms with E-state index in [9.17, 15) is 18.0 Å². The Balaban J connectivity index is 2.15. The molecule has 0 radical (unpaired) electrons. The molecule has 0 heterocycles. The SMILES string of the molecule is COc1ccc(C(=O)/C=C/c2ccc(C(F)(F)F)cc2)cc1OC. The van der Waals surface area contributed by atoms with E-state index in [1.54, 1.807) is 12.1 Å². The molecular weight excluding hydrogens is 321 g/mol. The number of hydrogen-bond acceptors (Lipinski definition) is 3. The molecule has 0 atom stereocenters. The van der Waals surface area contributed by atoms with Crippen LogP contribution in [0.15, 0.2) is 48.5 Å². The van der Waals surface area contributed by atoms with Crippen LogP contribution in [0.4, 0.5) is 13.2 Å². The van der Waals surface area contributed by atoms with Gasteiger partial charge in [0.25, 0.3) is 0 Å². The summed E-state index contributed by atoms with van der Waals surface area (Å²) < 4.78 is 47.7. The van der Waals surface area contributed by atoms with E-state index >= 15 is 0 Å². The van der Waals surface area contributed by atoms with Crippen LogP contribution in [-0.2, 0) is 6.18 Å². The molecule has 2 rings (SSSR count). The molecule has 6 heteroatoms. The third-order valence-corrected chi connectivity index (χ3v) is 3.33. The quantitative estimate of drug-likeness (QED) is 0.590. The Morgan fingerprint density at radius 2 is 1.58 bits per heavy atom. The Kier molecular flexibility index (Phi) is 5.28. The number of methoxy groups -OCH3 is 2. The third kappa shape index (κ3) is 4.16. The van der Waals surface area contributed by atoms with Crippen molar-refractivity contribution in [1.82, 2.24) is 0 Å². The minimum absolute atomic E-state index is 0.296. The van der Waals surface area contributed by atoms with Crippen molar-refractivity contribution in [2.24, 2.45) is 0 Å². The zero-order chi connectivity index (χ0) is 17.7. The summed E-state index contributed by atoms with van der Waals surface area (Å²) in [5, 5.41) is 0. The Bertz CT molecular complexity index is 747. The van der Waals surface area contributed by atoms with Gasteiger partial charge in [0.2, 0.25) is 0 Å².